The van der Waals surface area contributed by atoms with Gasteiger partial charge in [0, 0.05) is 24.2 Å². The Balaban J connectivity index is 1.97. The van der Waals surface area contributed by atoms with E-state index >= 15 is 0 Å². The number of aromatic nitrogens is 4. The van der Waals surface area contributed by atoms with Crippen LogP contribution >= 0.6 is 11.3 Å². The molecule has 0 saturated heterocycles. The standard InChI is InChI=1S/C15H11N4S/c1-18-13-10(3-2-5-17-13)12-14(18)19-8-9-4-6-16-7-11(9)15(19)20-12/h2-7H,8H2,1H3/q+1. The molecular weight excluding hydrogens is 268 g/mol. The lowest BCUT2D eigenvalue weighted by Crippen LogP contribution is -2.32. The SMILES string of the molecule is Cn1c2ncccc2c2sc3[n+](c21)Cc1ccncc1-3. The molecule has 5 heterocycles. The highest BCUT2D eigenvalue weighted by molar-refractivity contribution is 7.22. The maximum absolute atomic E-state index is 4.51. The molecule has 96 valence electrons. The van der Waals surface area contributed by atoms with Gasteiger partial charge in [0.15, 0.2) is 5.01 Å². The van der Waals surface area contributed by atoms with E-state index < -0.39 is 0 Å². The summed E-state index contributed by atoms with van der Waals surface area (Å²) in [5.74, 6) is 0. The highest BCUT2D eigenvalue weighted by Crippen LogP contribution is 2.38. The zero-order chi connectivity index (χ0) is 13.3. The third kappa shape index (κ3) is 1.10. The molecule has 20 heavy (non-hydrogen) atoms. The predicted molar refractivity (Wildman–Crippen MR) is 78.6 cm³/mol. The summed E-state index contributed by atoms with van der Waals surface area (Å²) in [6.45, 7) is 0.928. The zero-order valence-electron chi connectivity index (χ0n) is 10.9. The van der Waals surface area contributed by atoms with Gasteiger partial charge in [0.2, 0.25) is 5.65 Å². The van der Waals surface area contributed by atoms with E-state index in [0.29, 0.717) is 0 Å². The average Bonchev–Trinajstić information content (AvgIpc) is 3.09. The van der Waals surface area contributed by atoms with E-state index in [1.807, 2.05) is 36.0 Å². The van der Waals surface area contributed by atoms with Gasteiger partial charge in [0.05, 0.1) is 18.0 Å². The van der Waals surface area contributed by atoms with E-state index in [1.165, 1.54) is 31.9 Å². The third-order valence-corrected chi connectivity index (χ3v) is 5.28. The summed E-state index contributed by atoms with van der Waals surface area (Å²) in [5.41, 5.74) is 4.94. The Kier molecular flexibility index (Phi) is 1.80. The van der Waals surface area contributed by atoms with Crippen LogP contribution in [0.25, 0.3) is 32.0 Å². The minimum atomic E-state index is 0.928. The van der Waals surface area contributed by atoms with Crippen LogP contribution in [-0.4, -0.2) is 14.5 Å². The number of hydrogen-bond donors (Lipinski definition) is 0. The molecular formula is C15H11N4S+. The summed E-state index contributed by atoms with van der Waals surface area (Å²) in [5, 5.41) is 2.54. The van der Waals surface area contributed by atoms with Crippen LogP contribution in [-0.2, 0) is 13.6 Å². The fourth-order valence-corrected chi connectivity index (χ4v) is 4.49. The van der Waals surface area contributed by atoms with Crippen molar-refractivity contribution in [3.63, 3.8) is 0 Å². The van der Waals surface area contributed by atoms with Crippen molar-refractivity contribution in [2.45, 2.75) is 6.54 Å². The molecule has 0 aromatic carbocycles. The Labute approximate surface area is 119 Å². The monoisotopic (exact) mass is 279 g/mol. The summed E-state index contributed by atoms with van der Waals surface area (Å²) >= 11 is 1.84. The first kappa shape index (κ1) is 10.5. The lowest BCUT2D eigenvalue weighted by atomic mass is 10.2. The first-order valence-electron chi connectivity index (χ1n) is 6.53. The van der Waals surface area contributed by atoms with Crippen LogP contribution in [0.1, 0.15) is 5.56 Å². The van der Waals surface area contributed by atoms with Crippen LogP contribution in [0.3, 0.4) is 0 Å². The first-order valence-corrected chi connectivity index (χ1v) is 7.35. The summed E-state index contributed by atoms with van der Waals surface area (Å²) in [4.78, 5) is 8.78. The van der Waals surface area contributed by atoms with Crippen molar-refractivity contribution in [3.8, 4) is 10.6 Å². The van der Waals surface area contributed by atoms with Crippen LogP contribution in [0, 0.1) is 0 Å². The van der Waals surface area contributed by atoms with E-state index in [-0.39, 0.29) is 0 Å². The Hall–Kier alpha value is -2.27. The zero-order valence-corrected chi connectivity index (χ0v) is 11.7. The Morgan fingerprint density at radius 2 is 2.25 bits per heavy atom. The number of rotatable bonds is 0. The lowest BCUT2D eigenvalue weighted by Gasteiger charge is -1.92. The van der Waals surface area contributed by atoms with E-state index in [1.54, 1.807) is 0 Å². The molecule has 4 aromatic rings. The van der Waals surface area contributed by atoms with Gasteiger partial charge in [-0.3, -0.25) is 4.98 Å². The third-order valence-electron chi connectivity index (χ3n) is 4.04. The van der Waals surface area contributed by atoms with E-state index in [9.17, 15) is 0 Å². The van der Waals surface area contributed by atoms with Gasteiger partial charge >= 0.3 is 5.65 Å². The fourth-order valence-electron chi connectivity index (χ4n) is 3.14. The second-order valence-corrected chi connectivity index (χ2v) is 6.11. The van der Waals surface area contributed by atoms with Crippen LogP contribution in [0.4, 0.5) is 0 Å². The molecule has 4 nitrogen and oxygen atoms in total. The minimum Gasteiger partial charge on any atom is -0.264 e. The van der Waals surface area contributed by atoms with Gasteiger partial charge in [-0.05, 0) is 18.2 Å². The van der Waals surface area contributed by atoms with Gasteiger partial charge in [0.1, 0.15) is 11.2 Å². The summed E-state index contributed by atoms with van der Waals surface area (Å²) in [6.07, 6.45) is 5.70. The predicted octanol–water partition coefficient (Wildman–Crippen LogP) is 2.50. The molecule has 1 aliphatic rings. The largest absolute Gasteiger partial charge is 0.302 e. The topological polar surface area (TPSA) is 34.6 Å². The smallest absolute Gasteiger partial charge is 0.264 e. The van der Waals surface area contributed by atoms with Crippen molar-refractivity contribution in [1.29, 1.82) is 0 Å². The van der Waals surface area contributed by atoms with Crippen molar-refractivity contribution >= 4 is 32.7 Å². The molecule has 0 fully saturated rings. The maximum atomic E-state index is 4.51. The molecule has 0 amide bonds. The molecule has 1 aliphatic heterocycles. The quantitative estimate of drug-likeness (QED) is 0.408. The summed E-state index contributed by atoms with van der Waals surface area (Å²) in [7, 11) is 2.10. The second-order valence-electron chi connectivity index (χ2n) is 5.11. The van der Waals surface area contributed by atoms with Crippen molar-refractivity contribution < 1.29 is 4.57 Å². The fraction of sp³-hybridized carbons (Fsp3) is 0.133. The summed E-state index contributed by atoms with van der Waals surface area (Å²) < 4.78 is 5.90. The second kappa shape index (κ2) is 3.43. The molecule has 0 saturated carbocycles. The normalized spacial score (nSPS) is 13.1. The van der Waals surface area contributed by atoms with Crippen LogP contribution in [0.15, 0.2) is 36.8 Å². The Bertz CT molecular complexity index is 996. The van der Waals surface area contributed by atoms with Gasteiger partial charge < -0.3 is 0 Å². The van der Waals surface area contributed by atoms with Gasteiger partial charge in [-0.15, -0.1) is 0 Å². The average molecular weight is 279 g/mol. The molecule has 0 aliphatic carbocycles. The Morgan fingerprint density at radius 3 is 3.20 bits per heavy atom. The van der Waals surface area contributed by atoms with Gasteiger partial charge in [0.25, 0.3) is 0 Å². The maximum Gasteiger partial charge on any atom is 0.302 e. The van der Waals surface area contributed by atoms with Crippen molar-refractivity contribution in [3.05, 3.63) is 42.4 Å². The van der Waals surface area contributed by atoms with E-state index in [4.69, 9.17) is 0 Å². The number of nitrogens with zero attached hydrogens (tertiary/aromatic N) is 4. The molecule has 5 rings (SSSR count). The number of fused-ring (bicyclic) bond motifs is 7. The summed E-state index contributed by atoms with van der Waals surface area (Å²) in [6, 6.07) is 6.27. The van der Waals surface area contributed by atoms with Gasteiger partial charge in [-0.1, -0.05) is 11.3 Å². The van der Waals surface area contributed by atoms with E-state index in [0.717, 1.165) is 12.2 Å². The van der Waals surface area contributed by atoms with Gasteiger partial charge in [-0.25, -0.2) is 14.1 Å². The molecule has 0 atom stereocenters. The number of thiazole rings is 1. The molecule has 5 heteroatoms. The Morgan fingerprint density at radius 1 is 1.30 bits per heavy atom. The van der Waals surface area contributed by atoms with Crippen molar-refractivity contribution in [2.75, 3.05) is 0 Å². The highest BCUT2D eigenvalue weighted by atomic mass is 32.1. The molecule has 0 bridgehead atoms. The molecule has 0 radical (unpaired) electrons. The number of aryl methyl sites for hydroxylation is 1. The first-order chi connectivity index (χ1) is 9.84. The van der Waals surface area contributed by atoms with Crippen molar-refractivity contribution in [2.24, 2.45) is 7.05 Å². The van der Waals surface area contributed by atoms with Crippen LogP contribution in [0.2, 0.25) is 0 Å². The molecule has 4 aromatic heterocycles. The van der Waals surface area contributed by atoms with E-state index in [2.05, 4.69) is 38.3 Å². The highest BCUT2D eigenvalue weighted by Gasteiger charge is 2.32. The molecule has 0 N–H and O–H groups in total. The van der Waals surface area contributed by atoms with Crippen LogP contribution < -0.4 is 4.57 Å². The molecule has 0 unspecified atom stereocenters. The minimum absolute atomic E-state index is 0.928. The van der Waals surface area contributed by atoms with Gasteiger partial charge in [-0.2, -0.15) is 0 Å². The van der Waals surface area contributed by atoms with Crippen molar-refractivity contribution in [1.82, 2.24) is 14.5 Å². The van der Waals surface area contributed by atoms with Crippen LogP contribution in [0.5, 0.6) is 0 Å². The molecule has 0 spiro atoms. The lowest BCUT2D eigenvalue weighted by molar-refractivity contribution is -0.644. The number of hydrogen-bond acceptors (Lipinski definition) is 3. The number of pyridine rings is 2.